The standard InChI is InChI=1S/C12H14ClN3O4/c1-17-6-4-7(18-2)11(19-3)9(10(6)13)12-15-8(5-14)20-16-12/h4H,5,14H2,1-3H3. The summed E-state index contributed by atoms with van der Waals surface area (Å²) in [6.45, 7) is 0.133. The van der Waals surface area contributed by atoms with Crippen molar-refractivity contribution in [2.75, 3.05) is 21.3 Å². The summed E-state index contributed by atoms with van der Waals surface area (Å²) in [6, 6.07) is 1.62. The van der Waals surface area contributed by atoms with Gasteiger partial charge in [-0.3, -0.25) is 0 Å². The number of methoxy groups -OCH3 is 3. The molecule has 0 radical (unpaired) electrons. The second-order valence-corrected chi connectivity index (χ2v) is 4.10. The first-order valence-electron chi connectivity index (χ1n) is 5.67. The summed E-state index contributed by atoms with van der Waals surface area (Å²) in [4.78, 5) is 4.14. The van der Waals surface area contributed by atoms with Gasteiger partial charge < -0.3 is 24.5 Å². The molecule has 2 aromatic rings. The number of hydrogen-bond donors (Lipinski definition) is 1. The van der Waals surface area contributed by atoms with Crippen LogP contribution in [0.5, 0.6) is 17.2 Å². The van der Waals surface area contributed by atoms with Gasteiger partial charge in [-0.1, -0.05) is 16.8 Å². The second-order valence-electron chi connectivity index (χ2n) is 3.72. The molecule has 2 N–H and O–H groups in total. The maximum atomic E-state index is 6.30. The average molecular weight is 300 g/mol. The first kappa shape index (κ1) is 14.4. The molecule has 1 aromatic carbocycles. The zero-order chi connectivity index (χ0) is 14.7. The van der Waals surface area contributed by atoms with Crippen molar-refractivity contribution >= 4 is 11.6 Å². The zero-order valence-corrected chi connectivity index (χ0v) is 12.0. The Morgan fingerprint density at radius 1 is 1.20 bits per heavy atom. The molecule has 0 amide bonds. The van der Waals surface area contributed by atoms with Gasteiger partial charge in [-0.15, -0.1) is 0 Å². The lowest BCUT2D eigenvalue weighted by Gasteiger charge is -2.14. The highest BCUT2D eigenvalue weighted by atomic mass is 35.5. The Kier molecular flexibility index (Phi) is 4.31. The van der Waals surface area contributed by atoms with E-state index in [1.54, 1.807) is 6.07 Å². The minimum Gasteiger partial charge on any atom is -0.495 e. The maximum absolute atomic E-state index is 6.30. The molecule has 0 unspecified atom stereocenters. The molecule has 0 spiro atoms. The molecule has 108 valence electrons. The third kappa shape index (κ3) is 2.37. The van der Waals surface area contributed by atoms with E-state index >= 15 is 0 Å². The van der Waals surface area contributed by atoms with Crippen LogP contribution in [-0.2, 0) is 6.54 Å². The Morgan fingerprint density at radius 3 is 2.40 bits per heavy atom. The highest BCUT2D eigenvalue weighted by Crippen LogP contribution is 2.46. The van der Waals surface area contributed by atoms with Crippen LogP contribution >= 0.6 is 11.6 Å². The number of benzene rings is 1. The van der Waals surface area contributed by atoms with Crippen LogP contribution in [-0.4, -0.2) is 31.5 Å². The third-order valence-electron chi connectivity index (χ3n) is 2.66. The number of nitrogens with zero attached hydrogens (tertiary/aromatic N) is 2. The highest BCUT2D eigenvalue weighted by molar-refractivity contribution is 6.35. The Morgan fingerprint density at radius 2 is 1.90 bits per heavy atom. The van der Waals surface area contributed by atoms with Crippen LogP contribution in [0, 0.1) is 0 Å². The second kappa shape index (κ2) is 5.98. The average Bonchev–Trinajstić information content (AvgIpc) is 2.95. The number of aromatic nitrogens is 2. The van der Waals surface area contributed by atoms with Gasteiger partial charge in [-0.25, -0.2) is 0 Å². The molecule has 1 heterocycles. The molecule has 7 nitrogen and oxygen atoms in total. The third-order valence-corrected chi connectivity index (χ3v) is 3.03. The summed E-state index contributed by atoms with van der Waals surface area (Å²) >= 11 is 6.30. The van der Waals surface area contributed by atoms with Crippen LogP contribution in [0.2, 0.25) is 5.02 Å². The van der Waals surface area contributed by atoms with Crippen LogP contribution in [0.25, 0.3) is 11.4 Å². The smallest absolute Gasteiger partial charge is 0.240 e. The minimum absolute atomic E-state index is 0.133. The van der Waals surface area contributed by atoms with Gasteiger partial charge in [-0.2, -0.15) is 4.98 Å². The lowest BCUT2D eigenvalue weighted by Crippen LogP contribution is -1.99. The van der Waals surface area contributed by atoms with Crippen molar-refractivity contribution in [2.24, 2.45) is 5.73 Å². The van der Waals surface area contributed by atoms with E-state index < -0.39 is 0 Å². The fraction of sp³-hybridized carbons (Fsp3) is 0.333. The van der Waals surface area contributed by atoms with E-state index in [1.165, 1.54) is 21.3 Å². The molecular formula is C12H14ClN3O4. The van der Waals surface area contributed by atoms with E-state index in [1.807, 2.05) is 0 Å². The summed E-state index contributed by atoms with van der Waals surface area (Å²) in [5.74, 6) is 1.80. The summed E-state index contributed by atoms with van der Waals surface area (Å²) in [5, 5.41) is 4.14. The predicted molar refractivity (Wildman–Crippen MR) is 72.3 cm³/mol. The van der Waals surface area contributed by atoms with Crippen molar-refractivity contribution < 1.29 is 18.7 Å². The Labute approximate surface area is 120 Å². The van der Waals surface area contributed by atoms with E-state index in [4.69, 9.17) is 36.1 Å². The number of rotatable bonds is 5. The Bertz CT molecular complexity index is 615. The Balaban J connectivity index is 2.70. The van der Waals surface area contributed by atoms with Gasteiger partial charge in [0.15, 0.2) is 11.5 Å². The molecule has 0 saturated heterocycles. The minimum atomic E-state index is 0.133. The summed E-state index contributed by atoms with van der Waals surface area (Å²) < 4.78 is 20.8. The molecule has 2 rings (SSSR count). The lowest BCUT2D eigenvalue weighted by molar-refractivity contribution is 0.349. The zero-order valence-electron chi connectivity index (χ0n) is 11.3. The van der Waals surface area contributed by atoms with E-state index in [-0.39, 0.29) is 12.4 Å². The maximum Gasteiger partial charge on any atom is 0.240 e. The molecule has 0 bridgehead atoms. The van der Waals surface area contributed by atoms with Crippen LogP contribution in [0.4, 0.5) is 0 Å². The van der Waals surface area contributed by atoms with Crippen molar-refractivity contribution in [3.8, 4) is 28.6 Å². The SMILES string of the molecule is COc1cc(OC)c(OC)c(-c2noc(CN)n2)c1Cl. The fourth-order valence-electron chi connectivity index (χ4n) is 1.74. The number of halogens is 1. The molecule has 1 aromatic heterocycles. The van der Waals surface area contributed by atoms with Gasteiger partial charge in [0, 0.05) is 6.07 Å². The monoisotopic (exact) mass is 299 g/mol. The quantitative estimate of drug-likeness (QED) is 0.901. The van der Waals surface area contributed by atoms with E-state index in [0.717, 1.165) is 0 Å². The van der Waals surface area contributed by atoms with Gasteiger partial charge in [0.25, 0.3) is 0 Å². The molecule has 0 aliphatic heterocycles. The predicted octanol–water partition coefficient (Wildman–Crippen LogP) is 1.87. The summed E-state index contributed by atoms with van der Waals surface area (Å²) in [5.41, 5.74) is 5.88. The van der Waals surface area contributed by atoms with Gasteiger partial charge >= 0.3 is 0 Å². The Hall–Kier alpha value is -1.99. The van der Waals surface area contributed by atoms with Crippen molar-refractivity contribution in [2.45, 2.75) is 6.54 Å². The molecule has 0 aliphatic carbocycles. The van der Waals surface area contributed by atoms with Crippen molar-refractivity contribution in [3.63, 3.8) is 0 Å². The highest BCUT2D eigenvalue weighted by Gasteiger charge is 2.24. The number of ether oxygens (including phenoxy) is 3. The summed E-state index contributed by atoms with van der Waals surface area (Å²) in [7, 11) is 4.50. The molecule has 0 saturated carbocycles. The molecule has 8 heteroatoms. The topological polar surface area (TPSA) is 92.6 Å². The van der Waals surface area contributed by atoms with Crippen LogP contribution in [0.1, 0.15) is 5.89 Å². The van der Waals surface area contributed by atoms with Crippen molar-refractivity contribution in [3.05, 3.63) is 17.0 Å². The van der Waals surface area contributed by atoms with Crippen LogP contribution in [0.3, 0.4) is 0 Å². The fourth-order valence-corrected chi connectivity index (χ4v) is 2.04. The molecule has 20 heavy (non-hydrogen) atoms. The number of hydrogen-bond acceptors (Lipinski definition) is 7. The largest absolute Gasteiger partial charge is 0.495 e. The molecule has 0 fully saturated rings. The number of nitrogens with two attached hydrogens (primary N) is 1. The molecular weight excluding hydrogens is 286 g/mol. The van der Waals surface area contributed by atoms with Crippen molar-refractivity contribution in [1.82, 2.24) is 10.1 Å². The lowest BCUT2D eigenvalue weighted by atomic mass is 10.1. The first-order chi connectivity index (χ1) is 9.65. The molecule has 0 aliphatic rings. The van der Waals surface area contributed by atoms with Crippen molar-refractivity contribution in [1.29, 1.82) is 0 Å². The normalized spacial score (nSPS) is 10.4. The van der Waals surface area contributed by atoms with E-state index in [0.29, 0.717) is 33.7 Å². The van der Waals surface area contributed by atoms with E-state index in [2.05, 4.69) is 10.1 Å². The van der Waals surface area contributed by atoms with Crippen LogP contribution in [0.15, 0.2) is 10.6 Å². The van der Waals surface area contributed by atoms with Gasteiger partial charge in [0.05, 0.1) is 38.5 Å². The van der Waals surface area contributed by atoms with Crippen LogP contribution < -0.4 is 19.9 Å². The van der Waals surface area contributed by atoms with Gasteiger partial charge in [0.1, 0.15) is 5.75 Å². The summed E-state index contributed by atoms with van der Waals surface area (Å²) in [6.07, 6.45) is 0. The molecule has 0 atom stereocenters. The van der Waals surface area contributed by atoms with E-state index in [9.17, 15) is 0 Å². The van der Waals surface area contributed by atoms with Gasteiger partial charge in [-0.05, 0) is 0 Å². The first-order valence-corrected chi connectivity index (χ1v) is 6.05. The van der Waals surface area contributed by atoms with Gasteiger partial charge in [0.2, 0.25) is 11.7 Å².